The Balaban J connectivity index is 1.61. The molecule has 132 valence electrons. The third-order valence-electron chi connectivity index (χ3n) is 4.27. The molecule has 4 rings (SSSR count). The Hall–Kier alpha value is -2.81. The molecule has 0 aliphatic rings. The standard InChI is InChI=1S/C23H14Cl2O2/c24-16-8-11-21(25)20(14-16)23-13-10-17(27-23)9-12-22(26)19-7-3-5-15-4-1-2-6-18(15)19/h1-14H. The van der Waals surface area contributed by atoms with Gasteiger partial charge in [0.15, 0.2) is 5.78 Å². The first-order valence-corrected chi connectivity index (χ1v) is 9.13. The smallest absolute Gasteiger partial charge is 0.186 e. The van der Waals surface area contributed by atoms with Crippen LogP contribution in [-0.4, -0.2) is 5.78 Å². The first kappa shape index (κ1) is 17.6. The fraction of sp³-hybridized carbons (Fsp3) is 0. The van der Waals surface area contributed by atoms with Gasteiger partial charge in [-0.15, -0.1) is 0 Å². The van der Waals surface area contributed by atoms with E-state index in [0.717, 1.165) is 10.8 Å². The van der Waals surface area contributed by atoms with Crippen molar-refractivity contribution in [3.05, 3.63) is 100 Å². The molecule has 0 bridgehead atoms. The zero-order valence-electron chi connectivity index (χ0n) is 14.2. The summed E-state index contributed by atoms with van der Waals surface area (Å²) in [7, 11) is 0. The van der Waals surface area contributed by atoms with E-state index >= 15 is 0 Å². The van der Waals surface area contributed by atoms with Gasteiger partial charge in [-0.05, 0) is 53.3 Å². The van der Waals surface area contributed by atoms with Gasteiger partial charge in [-0.25, -0.2) is 0 Å². The second kappa shape index (κ2) is 7.43. The van der Waals surface area contributed by atoms with Crippen LogP contribution in [0.4, 0.5) is 0 Å². The molecule has 1 heterocycles. The van der Waals surface area contributed by atoms with Crippen molar-refractivity contribution in [1.29, 1.82) is 0 Å². The van der Waals surface area contributed by atoms with E-state index in [1.807, 2.05) is 42.5 Å². The molecule has 3 aromatic carbocycles. The molecule has 0 N–H and O–H groups in total. The molecule has 1 aromatic heterocycles. The number of hydrogen-bond acceptors (Lipinski definition) is 2. The van der Waals surface area contributed by atoms with Crippen LogP contribution in [0.3, 0.4) is 0 Å². The molecule has 0 spiro atoms. The summed E-state index contributed by atoms with van der Waals surface area (Å²) in [5, 5.41) is 3.10. The average Bonchev–Trinajstić information content (AvgIpc) is 3.16. The maximum absolute atomic E-state index is 12.6. The molecule has 4 heteroatoms. The molecule has 0 amide bonds. The summed E-state index contributed by atoms with van der Waals surface area (Å²) in [6, 6.07) is 22.3. The molecule has 0 aliphatic carbocycles. The minimum atomic E-state index is -0.0782. The van der Waals surface area contributed by atoms with Crippen molar-refractivity contribution < 1.29 is 9.21 Å². The van der Waals surface area contributed by atoms with Gasteiger partial charge in [-0.1, -0.05) is 65.7 Å². The normalized spacial score (nSPS) is 11.3. The number of fused-ring (bicyclic) bond motifs is 1. The summed E-state index contributed by atoms with van der Waals surface area (Å²) in [6.45, 7) is 0. The minimum absolute atomic E-state index is 0.0782. The van der Waals surface area contributed by atoms with Crippen molar-refractivity contribution in [2.24, 2.45) is 0 Å². The van der Waals surface area contributed by atoms with Gasteiger partial charge in [0.25, 0.3) is 0 Å². The lowest BCUT2D eigenvalue weighted by atomic mass is 10.0. The number of halogens is 2. The zero-order chi connectivity index (χ0) is 18.8. The molecule has 2 nitrogen and oxygen atoms in total. The van der Waals surface area contributed by atoms with Crippen LogP contribution in [0, 0.1) is 0 Å². The summed E-state index contributed by atoms with van der Waals surface area (Å²) in [4.78, 5) is 12.6. The highest BCUT2D eigenvalue weighted by Gasteiger charge is 2.10. The Kier molecular flexibility index (Phi) is 4.85. The molecule has 4 aromatic rings. The maximum atomic E-state index is 12.6. The van der Waals surface area contributed by atoms with Gasteiger partial charge in [0.2, 0.25) is 0 Å². The molecular formula is C23H14Cl2O2. The van der Waals surface area contributed by atoms with Crippen LogP contribution in [0.1, 0.15) is 16.1 Å². The van der Waals surface area contributed by atoms with Gasteiger partial charge in [-0.3, -0.25) is 4.79 Å². The van der Waals surface area contributed by atoms with Gasteiger partial charge in [0, 0.05) is 16.1 Å². The summed E-state index contributed by atoms with van der Waals surface area (Å²) in [5.74, 6) is 1.08. The number of rotatable bonds is 4. The van der Waals surface area contributed by atoms with Crippen LogP contribution in [-0.2, 0) is 0 Å². The lowest BCUT2D eigenvalue weighted by Gasteiger charge is -2.02. The second-order valence-corrected chi connectivity index (χ2v) is 6.89. The molecule has 0 aliphatic heterocycles. The minimum Gasteiger partial charge on any atom is -0.457 e. The lowest BCUT2D eigenvalue weighted by Crippen LogP contribution is -1.95. The predicted molar refractivity (Wildman–Crippen MR) is 111 cm³/mol. The molecular weight excluding hydrogens is 379 g/mol. The van der Waals surface area contributed by atoms with Crippen molar-refractivity contribution in [2.45, 2.75) is 0 Å². The molecule has 0 radical (unpaired) electrons. The van der Waals surface area contributed by atoms with Crippen molar-refractivity contribution in [1.82, 2.24) is 0 Å². The van der Waals surface area contributed by atoms with E-state index in [1.54, 1.807) is 36.4 Å². The molecule has 0 atom stereocenters. The maximum Gasteiger partial charge on any atom is 0.186 e. The highest BCUT2D eigenvalue weighted by atomic mass is 35.5. The molecule has 0 saturated carbocycles. The third-order valence-corrected chi connectivity index (χ3v) is 4.84. The van der Waals surface area contributed by atoms with Crippen LogP contribution in [0.15, 0.2) is 83.3 Å². The predicted octanol–water partition coefficient (Wildman–Crippen LogP) is 7.30. The molecule has 0 unspecified atom stereocenters. The van der Waals surface area contributed by atoms with Gasteiger partial charge in [0.05, 0.1) is 5.02 Å². The number of hydrogen-bond donors (Lipinski definition) is 0. The lowest BCUT2D eigenvalue weighted by molar-refractivity contribution is 0.104. The van der Waals surface area contributed by atoms with E-state index < -0.39 is 0 Å². The summed E-state index contributed by atoms with van der Waals surface area (Å²) in [5.41, 5.74) is 1.37. The molecule has 0 saturated heterocycles. The van der Waals surface area contributed by atoms with Crippen molar-refractivity contribution in [3.8, 4) is 11.3 Å². The van der Waals surface area contributed by atoms with Crippen LogP contribution < -0.4 is 0 Å². The Morgan fingerprint density at radius 3 is 2.59 bits per heavy atom. The van der Waals surface area contributed by atoms with Crippen LogP contribution in [0.2, 0.25) is 10.0 Å². The highest BCUT2D eigenvalue weighted by molar-refractivity contribution is 6.35. The fourth-order valence-corrected chi connectivity index (χ4v) is 3.34. The van der Waals surface area contributed by atoms with E-state index in [4.69, 9.17) is 27.6 Å². The molecule has 0 fully saturated rings. The molecule has 27 heavy (non-hydrogen) atoms. The van der Waals surface area contributed by atoms with Crippen molar-refractivity contribution in [2.75, 3.05) is 0 Å². The fourth-order valence-electron chi connectivity index (χ4n) is 2.96. The van der Waals surface area contributed by atoms with Crippen LogP contribution in [0.5, 0.6) is 0 Å². The summed E-state index contributed by atoms with van der Waals surface area (Å²) >= 11 is 12.2. The van der Waals surface area contributed by atoms with Crippen LogP contribution in [0.25, 0.3) is 28.2 Å². The zero-order valence-corrected chi connectivity index (χ0v) is 15.7. The first-order chi connectivity index (χ1) is 13.1. The summed E-state index contributed by atoms with van der Waals surface area (Å²) < 4.78 is 5.80. The van der Waals surface area contributed by atoms with E-state index in [1.165, 1.54) is 6.08 Å². The number of benzene rings is 3. The van der Waals surface area contributed by atoms with Gasteiger partial charge in [-0.2, -0.15) is 0 Å². The van der Waals surface area contributed by atoms with E-state index in [-0.39, 0.29) is 5.78 Å². The quantitative estimate of drug-likeness (QED) is 0.269. The second-order valence-electron chi connectivity index (χ2n) is 6.05. The number of allylic oxidation sites excluding steroid dienone is 1. The van der Waals surface area contributed by atoms with E-state index in [0.29, 0.717) is 32.7 Å². The van der Waals surface area contributed by atoms with Gasteiger partial charge < -0.3 is 4.42 Å². The first-order valence-electron chi connectivity index (χ1n) is 8.37. The summed E-state index contributed by atoms with van der Waals surface area (Å²) in [6.07, 6.45) is 3.18. The number of furan rings is 1. The van der Waals surface area contributed by atoms with Crippen molar-refractivity contribution in [3.63, 3.8) is 0 Å². The Bertz CT molecular complexity index is 1170. The number of ketones is 1. The van der Waals surface area contributed by atoms with Gasteiger partial charge in [0.1, 0.15) is 11.5 Å². The topological polar surface area (TPSA) is 30.2 Å². The van der Waals surface area contributed by atoms with Crippen LogP contribution >= 0.6 is 23.2 Å². The monoisotopic (exact) mass is 392 g/mol. The SMILES string of the molecule is O=C(C=Cc1ccc(-c2cc(Cl)ccc2Cl)o1)c1cccc2ccccc12. The third kappa shape index (κ3) is 3.68. The Morgan fingerprint density at radius 2 is 1.70 bits per heavy atom. The van der Waals surface area contributed by atoms with Gasteiger partial charge >= 0.3 is 0 Å². The highest BCUT2D eigenvalue weighted by Crippen LogP contribution is 2.32. The van der Waals surface area contributed by atoms with Crippen molar-refractivity contribution >= 4 is 45.8 Å². The number of carbonyl (C=O) groups excluding carboxylic acids is 1. The largest absolute Gasteiger partial charge is 0.457 e. The Morgan fingerprint density at radius 1 is 0.889 bits per heavy atom. The number of carbonyl (C=O) groups is 1. The van der Waals surface area contributed by atoms with E-state index in [2.05, 4.69) is 0 Å². The van der Waals surface area contributed by atoms with E-state index in [9.17, 15) is 4.79 Å². The Labute approximate surface area is 166 Å². The average molecular weight is 393 g/mol.